The van der Waals surface area contributed by atoms with Crippen LogP contribution in [-0.4, -0.2) is 49.2 Å². The summed E-state index contributed by atoms with van der Waals surface area (Å²) in [6, 6.07) is 5.62. The fraction of sp³-hybridized carbons (Fsp3) is 0.611. The molecule has 2 heterocycles. The van der Waals surface area contributed by atoms with Gasteiger partial charge in [-0.1, -0.05) is 6.07 Å². The molecule has 0 radical (unpaired) electrons. The first-order valence-electron chi connectivity index (χ1n) is 8.81. The van der Waals surface area contributed by atoms with Crippen molar-refractivity contribution in [2.75, 3.05) is 20.1 Å². The number of likely N-dealkylation sites (tertiary alicyclic amines) is 1. The minimum Gasteiger partial charge on any atom is -0.339 e. The highest BCUT2D eigenvalue weighted by Gasteiger charge is 2.50. The van der Waals surface area contributed by atoms with Crippen LogP contribution in [-0.2, 0) is 27.7 Å². The van der Waals surface area contributed by atoms with Crippen molar-refractivity contribution in [2.45, 2.75) is 55.4 Å². The van der Waals surface area contributed by atoms with E-state index in [0.717, 1.165) is 32.1 Å². The summed E-state index contributed by atoms with van der Waals surface area (Å²) < 4.78 is 27.7. The number of likely N-dealkylation sites (N-methyl/N-ethyl adjacent to an activating group) is 1. The quantitative estimate of drug-likeness (QED) is 0.821. The second-order valence-electron chi connectivity index (χ2n) is 7.40. The van der Waals surface area contributed by atoms with Crippen LogP contribution in [0.2, 0.25) is 0 Å². The van der Waals surface area contributed by atoms with E-state index < -0.39 is 10.0 Å². The topological polar surface area (TPSA) is 57.7 Å². The standard InChI is InChI=1S/C18H24N2O3S/c1-19-17(21)8-9-18(19)10-11-20(13-18)24(22,23)16-7-6-14-4-2-3-5-15(14)12-16/h6-7,12H,2-5,8-11,13H2,1H3. The maximum absolute atomic E-state index is 13.1. The van der Waals surface area contributed by atoms with Gasteiger partial charge in [0.05, 0.1) is 10.4 Å². The first kappa shape index (κ1) is 16.1. The van der Waals surface area contributed by atoms with E-state index in [1.54, 1.807) is 15.3 Å². The Morgan fingerprint density at radius 2 is 1.79 bits per heavy atom. The lowest BCUT2D eigenvalue weighted by molar-refractivity contribution is -0.129. The van der Waals surface area contributed by atoms with Gasteiger partial charge in [0.1, 0.15) is 0 Å². The number of rotatable bonds is 2. The molecule has 0 aromatic heterocycles. The fourth-order valence-electron chi connectivity index (χ4n) is 4.46. The molecule has 4 rings (SSSR count). The molecule has 6 heteroatoms. The van der Waals surface area contributed by atoms with Crippen LogP contribution in [0.25, 0.3) is 0 Å². The average molecular weight is 348 g/mol. The second kappa shape index (κ2) is 5.56. The molecule has 1 amide bonds. The fourth-order valence-corrected chi connectivity index (χ4v) is 6.03. The molecule has 2 fully saturated rings. The number of hydrogen-bond acceptors (Lipinski definition) is 3. The van der Waals surface area contributed by atoms with Gasteiger partial charge in [-0.2, -0.15) is 4.31 Å². The van der Waals surface area contributed by atoms with Crippen LogP contribution in [0, 0.1) is 0 Å². The number of aryl methyl sites for hydroxylation is 2. The molecule has 24 heavy (non-hydrogen) atoms. The van der Waals surface area contributed by atoms with Gasteiger partial charge >= 0.3 is 0 Å². The normalized spacial score (nSPS) is 27.9. The smallest absolute Gasteiger partial charge is 0.243 e. The Labute approximate surface area is 143 Å². The molecule has 1 aliphatic carbocycles. The Balaban J connectivity index is 1.61. The highest BCUT2D eigenvalue weighted by atomic mass is 32.2. The number of benzene rings is 1. The molecule has 5 nitrogen and oxygen atoms in total. The van der Waals surface area contributed by atoms with Gasteiger partial charge in [0, 0.05) is 26.6 Å². The number of sulfonamides is 1. The van der Waals surface area contributed by atoms with Gasteiger partial charge in [-0.3, -0.25) is 4.79 Å². The third-order valence-electron chi connectivity index (χ3n) is 6.14. The Bertz CT molecular complexity index is 789. The van der Waals surface area contributed by atoms with Crippen molar-refractivity contribution in [3.05, 3.63) is 29.3 Å². The number of hydrogen-bond donors (Lipinski definition) is 0. The lowest BCUT2D eigenvalue weighted by Gasteiger charge is -2.32. The molecule has 1 atom stereocenters. The summed E-state index contributed by atoms with van der Waals surface area (Å²) in [5.74, 6) is 0.128. The SMILES string of the molecule is CN1C(=O)CCC12CCN(S(=O)(=O)c1ccc3c(c1)CCCC3)C2. The van der Waals surface area contributed by atoms with Gasteiger partial charge in [0.2, 0.25) is 15.9 Å². The Kier molecular flexibility index (Phi) is 3.73. The van der Waals surface area contributed by atoms with Crippen molar-refractivity contribution in [1.82, 2.24) is 9.21 Å². The molecule has 2 aliphatic heterocycles. The van der Waals surface area contributed by atoms with E-state index in [-0.39, 0.29) is 11.4 Å². The highest BCUT2D eigenvalue weighted by Crippen LogP contribution is 2.39. The maximum atomic E-state index is 13.1. The molecule has 1 aromatic carbocycles. The molecule has 1 aromatic rings. The van der Waals surface area contributed by atoms with Crippen molar-refractivity contribution in [3.63, 3.8) is 0 Å². The van der Waals surface area contributed by atoms with Gasteiger partial charge in [0.25, 0.3) is 0 Å². The van der Waals surface area contributed by atoms with Crippen molar-refractivity contribution in [2.24, 2.45) is 0 Å². The number of nitrogens with zero attached hydrogens (tertiary/aromatic N) is 2. The van der Waals surface area contributed by atoms with Crippen molar-refractivity contribution < 1.29 is 13.2 Å². The van der Waals surface area contributed by atoms with E-state index in [2.05, 4.69) is 0 Å². The lowest BCUT2D eigenvalue weighted by Crippen LogP contribution is -2.46. The van der Waals surface area contributed by atoms with Crippen LogP contribution in [0.4, 0.5) is 0 Å². The average Bonchev–Trinajstić information content (AvgIpc) is 3.15. The van der Waals surface area contributed by atoms with Crippen molar-refractivity contribution in [1.29, 1.82) is 0 Å². The number of fused-ring (bicyclic) bond motifs is 1. The largest absolute Gasteiger partial charge is 0.339 e. The summed E-state index contributed by atoms with van der Waals surface area (Å²) in [6.07, 6.45) is 6.38. The summed E-state index contributed by atoms with van der Waals surface area (Å²) in [6.45, 7) is 0.922. The molecule has 130 valence electrons. The van der Waals surface area contributed by atoms with Crippen LogP contribution >= 0.6 is 0 Å². The zero-order valence-corrected chi connectivity index (χ0v) is 14.9. The third kappa shape index (κ3) is 2.39. The molecule has 0 saturated carbocycles. The monoisotopic (exact) mass is 348 g/mol. The van der Waals surface area contributed by atoms with E-state index in [4.69, 9.17) is 0 Å². The molecule has 0 bridgehead atoms. The third-order valence-corrected chi connectivity index (χ3v) is 7.99. The molecule has 0 N–H and O–H groups in total. The van der Waals surface area contributed by atoms with Gasteiger partial charge < -0.3 is 4.90 Å². The Morgan fingerprint density at radius 1 is 1.04 bits per heavy atom. The number of carbonyl (C=O) groups is 1. The molecule has 2 saturated heterocycles. The summed E-state index contributed by atoms with van der Waals surface area (Å²) in [7, 11) is -1.67. The number of amides is 1. The van der Waals surface area contributed by atoms with E-state index in [1.165, 1.54) is 17.5 Å². The lowest BCUT2D eigenvalue weighted by atomic mass is 9.92. The molecule has 3 aliphatic rings. The molecular formula is C18H24N2O3S. The van der Waals surface area contributed by atoms with Crippen LogP contribution < -0.4 is 0 Å². The zero-order chi connectivity index (χ0) is 16.9. The van der Waals surface area contributed by atoms with Crippen molar-refractivity contribution in [3.8, 4) is 0 Å². The molecular weight excluding hydrogens is 324 g/mol. The van der Waals surface area contributed by atoms with Crippen molar-refractivity contribution >= 4 is 15.9 Å². The highest BCUT2D eigenvalue weighted by molar-refractivity contribution is 7.89. The minimum atomic E-state index is -3.48. The van der Waals surface area contributed by atoms with E-state index in [0.29, 0.717) is 24.4 Å². The van der Waals surface area contributed by atoms with Crippen LogP contribution in [0.1, 0.15) is 43.2 Å². The predicted molar refractivity (Wildman–Crippen MR) is 91.2 cm³/mol. The minimum absolute atomic E-state index is 0.128. The molecule has 1 spiro atoms. The first-order valence-corrected chi connectivity index (χ1v) is 10.3. The van der Waals surface area contributed by atoms with E-state index in [9.17, 15) is 13.2 Å². The van der Waals surface area contributed by atoms with Gasteiger partial charge in [-0.15, -0.1) is 0 Å². The summed E-state index contributed by atoms with van der Waals surface area (Å²) in [4.78, 5) is 14.1. The zero-order valence-electron chi connectivity index (χ0n) is 14.1. The summed E-state index contributed by atoms with van der Waals surface area (Å²) >= 11 is 0. The van der Waals surface area contributed by atoms with Crippen LogP contribution in [0.5, 0.6) is 0 Å². The predicted octanol–water partition coefficient (Wildman–Crippen LogP) is 1.95. The summed E-state index contributed by atoms with van der Waals surface area (Å²) in [5, 5.41) is 0. The van der Waals surface area contributed by atoms with E-state index >= 15 is 0 Å². The Morgan fingerprint density at radius 3 is 2.50 bits per heavy atom. The molecule has 1 unspecified atom stereocenters. The van der Waals surface area contributed by atoms with Gasteiger partial charge in [-0.25, -0.2) is 8.42 Å². The second-order valence-corrected chi connectivity index (χ2v) is 9.34. The number of carbonyl (C=O) groups excluding carboxylic acids is 1. The Hall–Kier alpha value is -1.40. The summed E-state index contributed by atoms with van der Waals surface area (Å²) in [5.41, 5.74) is 2.18. The first-order chi connectivity index (χ1) is 11.4. The van der Waals surface area contributed by atoms with E-state index in [1.807, 2.05) is 19.2 Å². The van der Waals surface area contributed by atoms with Crippen LogP contribution in [0.3, 0.4) is 0 Å². The van der Waals surface area contributed by atoms with Gasteiger partial charge in [-0.05, 0) is 61.8 Å². The maximum Gasteiger partial charge on any atom is 0.243 e. The van der Waals surface area contributed by atoms with Gasteiger partial charge in [0.15, 0.2) is 0 Å². The van der Waals surface area contributed by atoms with Crippen LogP contribution in [0.15, 0.2) is 23.1 Å².